The molecule has 0 aliphatic rings. The van der Waals surface area contributed by atoms with Gasteiger partial charge in [-0.1, -0.05) is 97.1 Å². The number of hydrogen-bond acceptors (Lipinski definition) is 3. The third-order valence-electron chi connectivity index (χ3n) is 7.98. The summed E-state index contributed by atoms with van der Waals surface area (Å²) in [5.74, 6) is 0.690. The fourth-order valence-corrected chi connectivity index (χ4v) is 7.46. The third-order valence-corrected chi connectivity index (χ3v) is 9.17. The highest BCUT2D eigenvalue weighted by atomic mass is 32.1. The van der Waals surface area contributed by atoms with Crippen molar-refractivity contribution in [2.45, 2.75) is 0 Å². The lowest BCUT2D eigenvalue weighted by Gasteiger charge is -2.11. The molecule has 0 saturated carbocycles. The highest BCUT2D eigenvalue weighted by Gasteiger charge is 2.20. The first-order valence-corrected chi connectivity index (χ1v) is 14.2. The summed E-state index contributed by atoms with van der Waals surface area (Å²) in [6, 6.07) is 45.2. The number of nitrogens with zero attached hydrogens (tertiary/aromatic N) is 3. The second-order valence-electron chi connectivity index (χ2n) is 10.2. The van der Waals surface area contributed by atoms with Gasteiger partial charge in [-0.2, -0.15) is 0 Å². The Morgan fingerprint density at radius 3 is 2.12 bits per heavy atom. The van der Waals surface area contributed by atoms with Gasteiger partial charge in [0.25, 0.3) is 0 Å². The van der Waals surface area contributed by atoms with Gasteiger partial charge >= 0.3 is 0 Å². The van der Waals surface area contributed by atoms with E-state index in [9.17, 15) is 0 Å². The molecule has 0 bridgehead atoms. The molecule has 4 heteroatoms. The number of rotatable bonds is 2. The van der Waals surface area contributed by atoms with E-state index in [4.69, 9.17) is 9.97 Å². The number of hydrogen-bond donors (Lipinski definition) is 0. The largest absolute Gasteiger partial charge is 0.278 e. The normalized spacial score (nSPS) is 12.0. The molecular weight excluding hydrogens is 506 g/mol. The van der Waals surface area contributed by atoms with Crippen LogP contribution >= 0.6 is 11.3 Å². The molecule has 0 saturated heterocycles. The molecule has 0 N–H and O–H groups in total. The fraction of sp³-hybridized carbons (Fsp3) is 0. The molecule has 0 fully saturated rings. The van der Waals surface area contributed by atoms with E-state index in [0.717, 1.165) is 33.2 Å². The average molecular weight is 528 g/mol. The van der Waals surface area contributed by atoms with Gasteiger partial charge < -0.3 is 0 Å². The monoisotopic (exact) mass is 527 g/mol. The number of benzene rings is 6. The van der Waals surface area contributed by atoms with Gasteiger partial charge in [0, 0.05) is 41.9 Å². The van der Waals surface area contributed by atoms with Gasteiger partial charge in [0.2, 0.25) is 5.95 Å². The molecule has 3 nitrogen and oxygen atoms in total. The van der Waals surface area contributed by atoms with Crippen molar-refractivity contribution in [1.82, 2.24) is 14.5 Å². The smallest absolute Gasteiger partial charge is 0.235 e. The van der Waals surface area contributed by atoms with E-state index in [1.54, 1.807) is 0 Å². The van der Waals surface area contributed by atoms with Gasteiger partial charge in [-0.3, -0.25) is 4.57 Å². The van der Waals surface area contributed by atoms with Gasteiger partial charge in [0.1, 0.15) is 0 Å². The van der Waals surface area contributed by atoms with Crippen molar-refractivity contribution in [2.75, 3.05) is 0 Å². The third kappa shape index (κ3) is 3.05. The minimum atomic E-state index is 0.690. The molecule has 9 aromatic rings. The maximum absolute atomic E-state index is 5.23. The zero-order valence-electron chi connectivity index (χ0n) is 21.4. The highest BCUT2D eigenvalue weighted by Crippen LogP contribution is 2.44. The van der Waals surface area contributed by atoms with Crippen LogP contribution in [0.4, 0.5) is 0 Å². The van der Waals surface area contributed by atoms with Crippen molar-refractivity contribution in [3.05, 3.63) is 127 Å². The molecule has 0 aliphatic heterocycles. The van der Waals surface area contributed by atoms with E-state index in [0.29, 0.717) is 5.95 Å². The summed E-state index contributed by atoms with van der Waals surface area (Å²) in [6.07, 6.45) is 0. The van der Waals surface area contributed by atoms with Crippen LogP contribution in [-0.4, -0.2) is 14.5 Å². The first-order valence-electron chi connectivity index (χ1n) is 13.4. The number of fused-ring (bicyclic) bond motifs is 9. The highest BCUT2D eigenvalue weighted by molar-refractivity contribution is 7.26. The van der Waals surface area contributed by atoms with E-state index in [2.05, 4.69) is 120 Å². The quantitative estimate of drug-likeness (QED) is 0.224. The molecular formula is C36H21N3S. The fourth-order valence-electron chi connectivity index (χ4n) is 6.17. The molecule has 3 aromatic heterocycles. The Morgan fingerprint density at radius 2 is 1.25 bits per heavy atom. The summed E-state index contributed by atoms with van der Waals surface area (Å²) < 4.78 is 4.86. The maximum Gasteiger partial charge on any atom is 0.235 e. The molecule has 9 rings (SSSR count). The minimum absolute atomic E-state index is 0.690. The maximum atomic E-state index is 5.23. The van der Waals surface area contributed by atoms with Gasteiger partial charge in [-0.15, -0.1) is 11.3 Å². The topological polar surface area (TPSA) is 30.7 Å². The van der Waals surface area contributed by atoms with Crippen LogP contribution in [0.1, 0.15) is 0 Å². The summed E-state index contributed by atoms with van der Waals surface area (Å²) in [7, 11) is 0. The van der Waals surface area contributed by atoms with E-state index >= 15 is 0 Å². The predicted octanol–water partition coefficient (Wildman–Crippen LogP) is 9.91. The first-order chi connectivity index (χ1) is 19.8. The summed E-state index contributed by atoms with van der Waals surface area (Å²) >= 11 is 1.88. The van der Waals surface area contributed by atoms with Crippen LogP contribution in [0.2, 0.25) is 0 Å². The Labute approximate surface area is 233 Å². The second kappa shape index (κ2) is 8.22. The van der Waals surface area contributed by atoms with Crippen LogP contribution in [-0.2, 0) is 0 Å². The molecule has 0 radical (unpaired) electrons. The number of aromatic nitrogens is 3. The zero-order valence-corrected chi connectivity index (χ0v) is 22.2. The molecule has 6 aromatic carbocycles. The van der Waals surface area contributed by atoms with Gasteiger partial charge in [-0.05, 0) is 41.1 Å². The number of thiophene rings is 1. The van der Waals surface area contributed by atoms with Crippen molar-refractivity contribution in [3.8, 4) is 17.2 Å². The minimum Gasteiger partial charge on any atom is -0.278 e. The zero-order chi connectivity index (χ0) is 26.2. The molecule has 0 atom stereocenters. The predicted molar refractivity (Wildman–Crippen MR) is 170 cm³/mol. The molecule has 186 valence electrons. The molecule has 0 spiro atoms. The Balaban J connectivity index is 1.41. The first kappa shape index (κ1) is 21.8. The Hall–Kier alpha value is -5.06. The van der Waals surface area contributed by atoms with Crippen LogP contribution in [0.5, 0.6) is 0 Å². The molecule has 0 unspecified atom stereocenters. The van der Waals surface area contributed by atoms with Crippen LogP contribution in [0, 0.1) is 0 Å². The lowest BCUT2D eigenvalue weighted by atomic mass is 10.0. The number of para-hydroxylation sites is 2. The molecule has 0 aliphatic carbocycles. The van der Waals surface area contributed by atoms with Crippen LogP contribution in [0.3, 0.4) is 0 Å². The Bertz CT molecular complexity index is 2430. The van der Waals surface area contributed by atoms with Crippen LogP contribution in [0.25, 0.3) is 80.9 Å². The lowest BCUT2D eigenvalue weighted by molar-refractivity contribution is 1.01. The van der Waals surface area contributed by atoms with Crippen LogP contribution in [0.15, 0.2) is 127 Å². The van der Waals surface area contributed by atoms with Gasteiger partial charge in [0.15, 0.2) is 0 Å². The van der Waals surface area contributed by atoms with E-state index in [1.165, 1.54) is 41.7 Å². The SMILES string of the molecule is c1ccc(-c2nc(-n3c4ccccc4c4c5sc6cc7ccccc7cc6c5ccc43)nc3ccccc23)cc1. The van der Waals surface area contributed by atoms with Crippen molar-refractivity contribution in [1.29, 1.82) is 0 Å². The van der Waals surface area contributed by atoms with Gasteiger partial charge in [0.05, 0.1) is 22.2 Å². The van der Waals surface area contributed by atoms with E-state index in [1.807, 2.05) is 23.5 Å². The van der Waals surface area contributed by atoms with Crippen molar-refractivity contribution >= 4 is 75.0 Å². The van der Waals surface area contributed by atoms with Crippen molar-refractivity contribution < 1.29 is 0 Å². The summed E-state index contributed by atoms with van der Waals surface area (Å²) in [6.45, 7) is 0. The van der Waals surface area contributed by atoms with Crippen molar-refractivity contribution in [2.24, 2.45) is 0 Å². The van der Waals surface area contributed by atoms with Crippen molar-refractivity contribution in [3.63, 3.8) is 0 Å². The molecule has 3 heterocycles. The summed E-state index contributed by atoms with van der Waals surface area (Å²) in [5, 5.41) is 8.69. The second-order valence-corrected chi connectivity index (χ2v) is 11.3. The molecule has 0 amide bonds. The van der Waals surface area contributed by atoms with Crippen LogP contribution < -0.4 is 0 Å². The Kier molecular flexibility index (Phi) is 4.48. The average Bonchev–Trinajstić information content (AvgIpc) is 3.55. The van der Waals surface area contributed by atoms with E-state index in [-0.39, 0.29) is 0 Å². The lowest BCUT2D eigenvalue weighted by Crippen LogP contribution is -2.03. The van der Waals surface area contributed by atoms with E-state index < -0.39 is 0 Å². The van der Waals surface area contributed by atoms with Gasteiger partial charge in [-0.25, -0.2) is 9.97 Å². The standard InChI is InChI=1S/C36H21N3S/c1-2-10-22(11-3-1)34-26-14-6-8-16-29(26)37-36(38-34)39-30-17-9-7-15-27(30)33-31(39)19-18-25-28-20-23-12-4-5-13-24(23)21-32(28)40-35(25)33/h1-21H. The summed E-state index contributed by atoms with van der Waals surface area (Å²) in [4.78, 5) is 10.3. The molecule has 40 heavy (non-hydrogen) atoms. The summed E-state index contributed by atoms with van der Waals surface area (Å²) in [5.41, 5.74) is 5.21. The Morgan fingerprint density at radius 1 is 0.525 bits per heavy atom.